The van der Waals surface area contributed by atoms with Gasteiger partial charge in [0, 0.05) is 67.0 Å². The summed E-state index contributed by atoms with van der Waals surface area (Å²) in [5.41, 5.74) is 8.65. The van der Waals surface area contributed by atoms with E-state index >= 15 is 4.39 Å². The van der Waals surface area contributed by atoms with E-state index in [2.05, 4.69) is 41.8 Å². The number of pyridine rings is 1. The predicted octanol–water partition coefficient (Wildman–Crippen LogP) is 7.19. The van der Waals surface area contributed by atoms with Crippen LogP contribution in [0.4, 0.5) is 4.39 Å². The number of carboxylic acid groups (broad SMARTS) is 1. The first-order valence-electron chi connectivity index (χ1n) is 17.5. The summed E-state index contributed by atoms with van der Waals surface area (Å²) in [5.74, 6) is -0.595. The SMILES string of the molecule is CN=C1N=C(N)C(C)(c2cccc(CC3(C(=O)O)CC3)c2)CCCCC(C)(C)CN(C)C(=O)Cc2c(c(F)cc3[nH]ccc23)Oc2ccnc1c2. The van der Waals surface area contributed by atoms with Crippen molar-refractivity contribution in [2.24, 2.45) is 26.5 Å². The summed E-state index contributed by atoms with van der Waals surface area (Å²) in [6, 6.07) is 14.5. The number of carbonyl (C=O) groups excluding carboxylic acids is 1. The molecule has 10 nitrogen and oxygen atoms in total. The van der Waals surface area contributed by atoms with Gasteiger partial charge < -0.3 is 25.5 Å². The average Bonchev–Trinajstić information content (AvgIpc) is 3.73. The maximum absolute atomic E-state index is 15.7. The number of benzene rings is 2. The molecule has 1 atom stereocenters. The molecule has 4 N–H and O–H groups in total. The van der Waals surface area contributed by atoms with E-state index < -0.39 is 22.6 Å². The van der Waals surface area contributed by atoms with Crippen molar-refractivity contribution in [1.82, 2.24) is 14.9 Å². The number of aromatic amines is 1. The first-order chi connectivity index (χ1) is 24.2. The number of hydrogen-bond donors (Lipinski definition) is 3. The van der Waals surface area contributed by atoms with Crippen molar-refractivity contribution in [3.8, 4) is 11.5 Å². The number of fused-ring (bicyclic) bond motifs is 5. The van der Waals surface area contributed by atoms with E-state index in [1.807, 2.05) is 24.3 Å². The molecule has 3 heterocycles. The van der Waals surface area contributed by atoms with Crippen molar-refractivity contribution in [3.63, 3.8) is 0 Å². The van der Waals surface area contributed by atoms with Crippen molar-refractivity contribution in [3.05, 3.63) is 89.1 Å². The van der Waals surface area contributed by atoms with Crippen LogP contribution in [0.5, 0.6) is 11.5 Å². The van der Waals surface area contributed by atoms with Crippen LogP contribution in [-0.4, -0.2) is 64.2 Å². The fourth-order valence-electron chi connectivity index (χ4n) is 7.31. The Bertz CT molecular complexity index is 2030. The van der Waals surface area contributed by atoms with Crippen LogP contribution in [0.25, 0.3) is 10.9 Å². The molecule has 2 bridgehead atoms. The third-order valence-corrected chi connectivity index (χ3v) is 10.7. The van der Waals surface area contributed by atoms with E-state index in [4.69, 9.17) is 15.5 Å². The Balaban J connectivity index is 1.42. The maximum Gasteiger partial charge on any atom is 0.309 e. The van der Waals surface area contributed by atoms with Gasteiger partial charge in [0.2, 0.25) is 5.91 Å². The highest BCUT2D eigenvalue weighted by atomic mass is 19.1. The number of aliphatic imine (C=N–C) groups is 2. The Kier molecular flexibility index (Phi) is 9.76. The summed E-state index contributed by atoms with van der Waals surface area (Å²) in [7, 11) is 3.40. The Morgan fingerprint density at radius 2 is 1.86 bits per heavy atom. The van der Waals surface area contributed by atoms with E-state index in [9.17, 15) is 14.7 Å². The first-order valence-corrected chi connectivity index (χ1v) is 17.5. The lowest BCUT2D eigenvalue weighted by molar-refractivity contribution is -0.143. The van der Waals surface area contributed by atoms with Gasteiger partial charge in [0.05, 0.1) is 11.8 Å². The number of nitrogens with one attached hydrogen (secondary N) is 1. The first kappa shape index (κ1) is 35.8. The molecular formula is C40H47FN6O4. The molecule has 1 aliphatic carbocycles. The second-order valence-corrected chi connectivity index (χ2v) is 15.2. The zero-order chi connectivity index (χ0) is 36.6. The van der Waals surface area contributed by atoms with Gasteiger partial charge in [0.15, 0.2) is 17.4 Å². The topological polar surface area (TPSA) is 146 Å². The Morgan fingerprint density at radius 1 is 1.10 bits per heavy atom. The second-order valence-electron chi connectivity index (χ2n) is 15.2. The molecule has 6 rings (SSSR count). The number of nitrogens with two attached hydrogens (primary N) is 1. The number of amidine groups is 2. The number of nitrogens with zero attached hydrogens (tertiary/aromatic N) is 4. The molecule has 4 aromatic rings. The number of H-pyrrole nitrogens is 1. The summed E-state index contributed by atoms with van der Waals surface area (Å²) in [4.78, 5) is 44.3. The third kappa shape index (κ3) is 7.52. The Labute approximate surface area is 298 Å². The smallest absolute Gasteiger partial charge is 0.309 e. The van der Waals surface area contributed by atoms with E-state index in [0.717, 1.165) is 30.4 Å². The molecule has 1 unspecified atom stereocenters. The van der Waals surface area contributed by atoms with Crippen LogP contribution in [0.15, 0.2) is 70.9 Å². The van der Waals surface area contributed by atoms with E-state index in [-0.39, 0.29) is 29.3 Å². The lowest BCUT2D eigenvalue weighted by Crippen LogP contribution is -2.40. The van der Waals surface area contributed by atoms with Crippen LogP contribution in [0.3, 0.4) is 0 Å². The zero-order valence-corrected chi connectivity index (χ0v) is 30.1. The lowest BCUT2D eigenvalue weighted by atomic mass is 9.75. The van der Waals surface area contributed by atoms with Crippen LogP contribution in [-0.2, 0) is 27.8 Å². The van der Waals surface area contributed by atoms with Gasteiger partial charge in [0.1, 0.15) is 17.3 Å². The molecule has 51 heavy (non-hydrogen) atoms. The number of rotatable bonds is 4. The minimum absolute atomic E-state index is 0.0282. The van der Waals surface area contributed by atoms with Gasteiger partial charge in [-0.2, -0.15) is 0 Å². The van der Waals surface area contributed by atoms with Gasteiger partial charge in [0.25, 0.3) is 0 Å². The summed E-state index contributed by atoms with van der Waals surface area (Å²) in [5, 5.41) is 10.6. The van der Waals surface area contributed by atoms with E-state index in [1.54, 1.807) is 37.3 Å². The van der Waals surface area contributed by atoms with Crippen molar-refractivity contribution < 1.29 is 23.8 Å². The molecule has 1 saturated carbocycles. The predicted molar refractivity (Wildman–Crippen MR) is 197 cm³/mol. The van der Waals surface area contributed by atoms with Crippen LogP contribution < -0.4 is 10.5 Å². The van der Waals surface area contributed by atoms with Gasteiger partial charge in [-0.25, -0.2) is 9.38 Å². The molecule has 2 aliphatic rings. The number of carbonyl (C=O) groups is 2. The molecule has 0 radical (unpaired) electrons. The fraction of sp³-hybridized carbons (Fsp3) is 0.425. The van der Waals surface area contributed by atoms with Crippen molar-refractivity contribution in [2.45, 2.75) is 77.6 Å². The van der Waals surface area contributed by atoms with E-state index in [1.165, 1.54) is 12.3 Å². The number of aromatic nitrogens is 2. The molecule has 1 amide bonds. The maximum atomic E-state index is 15.7. The van der Waals surface area contributed by atoms with Gasteiger partial charge in [-0.05, 0) is 67.7 Å². The standard InChI is InChI=1S/C40H47FN6O4/c1-38(2)13-6-7-14-39(3,26-10-8-9-25(19-26)23-40(15-16-40)37(49)50)36(42)46-35(43-4)32-20-27(11-17-45-32)51-34-29(21-33(48)47(5)24-38)28-12-18-44-31(28)22-30(34)41/h8-12,17-20,22,44H,6-7,13-16,21,23-24H2,1-5H3,(H,49,50)(H2,42,43,46). The number of carboxylic acids is 1. The molecule has 2 aromatic carbocycles. The van der Waals surface area contributed by atoms with Gasteiger partial charge in [-0.1, -0.05) is 51.0 Å². The van der Waals surface area contributed by atoms with Gasteiger partial charge in [-0.3, -0.25) is 19.6 Å². The molecule has 1 aliphatic heterocycles. The second kappa shape index (κ2) is 13.9. The monoisotopic (exact) mass is 694 g/mol. The minimum Gasteiger partial charge on any atom is -0.481 e. The largest absolute Gasteiger partial charge is 0.481 e. The molecule has 268 valence electrons. The molecule has 0 spiro atoms. The van der Waals surface area contributed by atoms with Crippen LogP contribution in [0.1, 0.15) is 81.7 Å². The quantitative estimate of drug-likeness (QED) is 0.206. The lowest BCUT2D eigenvalue weighted by Gasteiger charge is -2.33. The van der Waals surface area contributed by atoms with E-state index in [0.29, 0.717) is 66.0 Å². The molecule has 2 aromatic heterocycles. The molecule has 1 fully saturated rings. The van der Waals surface area contributed by atoms with Gasteiger partial charge >= 0.3 is 5.97 Å². The number of amides is 1. The van der Waals surface area contributed by atoms with Crippen molar-refractivity contribution in [2.75, 3.05) is 20.6 Å². The summed E-state index contributed by atoms with van der Waals surface area (Å²) >= 11 is 0. The number of likely N-dealkylation sites (N-methyl/N-ethyl adjacent to an activating group) is 1. The van der Waals surface area contributed by atoms with Crippen LogP contribution >= 0.6 is 0 Å². The van der Waals surface area contributed by atoms with Crippen LogP contribution in [0.2, 0.25) is 0 Å². The molecule has 0 saturated heterocycles. The summed E-state index contributed by atoms with van der Waals surface area (Å²) in [6.45, 7) is 6.89. The minimum atomic E-state index is -0.756. The summed E-state index contributed by atoms with van der Waals surface area (Å²) in [6.07, 6.45) is 8.26. The highest BCUT2D eigenvalue weighted by Gasteiger charge is 2.50. The Hall–Kier alpha value is -5.06. The van der Waals surface area contributed by atoms with Crippen molar-refractivity contribution >= 4 is 34.5 Å². The number of hydrogen-bond acceptors (Lipinski definition) is 6. The zero-order valence-electron chi connectivity index (χ0n) is 30.1. The number of ether oxygens (including phenoxy) is 1. The molecule has 11 heteroatoms. The van der Waals surface area contributed by atoms with Crippen molar-refractivity contribution in [1.29, 1.82) is 0 Å². The third-order valence-electron chi connectivity index (χ3n) is 10.7. The van der Waals surface area contributed by atoms with Crippen LogP contribution in [0, 0.1) is 16.6 Å². The fourth-order valence-corrected chi connectivity index (χ4v) is 7.31. The highest BCUT2D eigenvalue weighted by Crippen LogP contribution is 2.49. The molecular weight excluding hydrogens is 647 g/mol. The normalized spacial score (nSPS) is 21.9. The summed E-state index contributed by atoms with van der Waals surface area (Å²) < 4.78 is 22.0. The number of halogens is 1. The van der Waals surface area contributed by atoms with Gasteiger partial charge in [-0.15, -0.1) is 0 Å². The average molecular weight is 695 g/mol. The number of aliphatic carboxylic acids is 1. The highest BCUT2D eigenvalue weighted by molar-refractivity contribution is 6.07. The Morgan fingerprint density at radius 3 is 2.59 bits per heavy atom.